The van der Waals surface area contributed by atoms with Gasteiger partial charge in [-0.15, -0.1) is 22.7 Å². The average Bonchev–Trinajstić information content (AvgIpc) is 3.68. The molecule has 0 aliphatic rings. The van der Waals surface area contributed by atoms with Crippen molar-refractivity contribution >= 4 is 42.8 Å². The second-order valence-electron chi connectivity index (χ2n) is 13.6. The van der Waals surface area contributed by atoms with Gasteiger partial charge in [-0.3, -0.25) is 0 Å². The zero-order valence-electron chi connectivity index (χ0n) is 30.5. The number of rotatable bonds is 8. The Morgan fingerprint density at radius 3 is 1.31 bits per heavy atom. The maximum atomic E-state index is 9.55. The van der Waals surface area contributed by atoms with Crippen molar-refractivity contribution in [3.63, 3.8) is 0 Å². The fourth-order valence-corrected chi connectivity index (χ4v) is 9.28. The molecular weight excluding hydrogens is 673 g/mol. The lowest BCUT2D eigenvalue weighted by Gasteiger charge is -2.08. The average molecular weight is 717 g/mol. The standard InChI is InChI=1S/C25H24OS.C23H20OS/c1-4-26-21-12-8-19(9-13-21)16-23-22-14-7-18(3)15-24(22)27-25(23)20-10-5-17(2)6-11-20;1-15-3-8-18(9-4-15)23-21(14-17-6-10-19(24)11-7-17)20-12-5-16(2)13-22(20)25-23/h5-15H,4,16H2,1-3H3;3-13,24H,14H2,1-2H3. The number of phenolic OH excluding ortho intramolecular Hbond substituents is 1. The summed E-state index contributed by atoms with van der Waals surface area (Å²) in [4.78, 5) is 2.72. The molecule has 8 rings (SSSR count). The fraction of sp³-hybridized carbons (Fsp3) is 0.167. The molecule has 0 bridgehead atoms. The smallest absolute Gasteiger partial charge is 0.119 e. The van der Waals surface area contributed by atoms with Crippen LogP contribution in [0.4, 0.5) is 0 Å². The topological polar surface area (TPSA) is 29.5 Å². The molecule has 260 valence electrons. The summed E-state index contributed by atoms with van der Waals surface area (Å²) >= 11 is 3.77. The summed E-state index contributed by atoms with van der Waals surface area (Å²) in [7, 11) is 0. The van der Waals surface area contributed by atoms with Gasteiger partial charge in [-0.2, -0.15) is 0 Å². The molecule has 0 fully saturated rings. The summed E-state index contributed by atoms with van der Waals surface area (Å²) in [5.74, 6) is 1.25. The monoisotopic (exact) mass is 716 g/mol. The summed E-state index contributed by atoms with van der Waals surface area (Å²) in [6.45, 7) is 11.3. The van der Waals surface area contributed by atoms with Crippen LogP contribution in [0.1, 0.15) is 51.4 Å². The summed E-state index contributed by atoms with van der Waals surface area (Å²) in [6.07, 6.45) is 1.80. The lowest BCUT2D eigenvalue weighted by Crippen LogP contribution is -1.93. The first-order chi connectivity index (χ1) is 25.2. The number of thiophene rings is 2. The van der Waals surface area contributed by atoms with E-state index >= 15 is 0 Å². The zero-order chi connectivity index (χ0) is 36.2. The van der Waals surface area contributed by atoms with Crippen molar-refractivity contribution in [2.45, 2.75) is 47.5 Å². The molecule has 0 saturated heterocycles. The molecule has 0 radical (unpaired) electrons. The van der Waals surface area contributed by atoms with Gasteiger partial charge >= 0.3 is 0 Å². The molecule has 0 atom stereocenters. The number of phenols is 1. The van der Waals surface area contributed by atoms with E-state index in [0.29, 0.717) is 12.4 Å². The van der Waals surface area contributed by atoms with E-state index in [9.17, 15) is 5.11 Å². The fourth-order valence-electron chi connectivity index (χ4n) is 6.63. The van der Waals surface area contributed by atoms with Crippen molar-refractivity contribution in [2.24, 2.45) is 0 Å². The number of aromatic hydroxyl groups is 1. The third-order valence-electron chi connectivity index (χ3n) is 9.46. The zero-order valence-corrected chi connectivity index (χ0v) is 32.1. The lowest BCUT2D eigenvalue weighted by atomic mass is 9.98. The van der Waals surface area contributed by atoms with Gasteiger partial charge in [0.15, 0.2) is 0 Å². The van der Waals surface area contributed by atoms with Crippen molar-refractivity contribution < 1.29 is 9.84 Å². The van der Waals surface area contributed by atoms with E-state index in [1.54, 1.807) is 12.1 Å². The summed E-state index contributed by atoms with van der Waals surface area (Å²) in [6, 6.07) is 47.2. The van der Waals surface area contributed by atoms with Crippen molar-refractivity contribution in [2.75, 3.05) is 6.61 Å². The second kappa shape index (κ2) is 15.6. The molecule has 4 heteroatoms. The van der Waals surface area contributed by atoms with Crippen LogP contribution in [0.25, 0.3) is 41.1 Å². The Hall–Kier alpha value is -5.16. The van der Waals surface area contributed by atoms with E-state index in [-0.39, 0.29) is 0 Å². The molecule has 0 saturated carbocycles. The van der Waals surface area contributed by atoms with Crippen LogP contribution < -0.4 is 4.74 Å². The third kappa shape index (κ3) is 7.99. The molecule has 2 heterocycles. The predicted molar refractivity (Wildman–Crippen MR) is 225 cm³/mol. The molecule has 2 nitrogen and oxygen atoms in total. The van der Waals surface area contributed by atoms with Crippen LogP contribution in [-0.2, 0) is 12.8 Å². The van der Waals surface area contributed by atoms with E-state index in [0.717, 1.165) is 18.6 Å². The Morgan fingerprint density at radius 1 is 0.481 bits per heavy atom. The highest BCUT2D eigenvalue weighted by Gasteiger charge is 2.16. The highest BCUT2D eigenvalue weighted by Crippen LogP contribution is 2.42. The molecule has 6 aromatic carbocycles. The van der Waals surface area contributed by atoms with Gasteiger partial charge in [-0.05, 0) is 139 Å². The minimum absolute atomic E-state index is 0.313. The van der Waals surface area contributed by atoms with Crippen molar-refractivity contribution in [3.8, 4) is 32.4 Å². The van der Waals surface area contributed by atoms with Gasteiger partial charge in [0.1, 0.15) is 11.5 Å². The molecule has 52 heavy (non-hydrogen) atoms. The Kier molecular flexibility index (Phi) is 10.6. The Balaban J connectivity index is 0.000000162. The highest BCUT2D eigenvalue weighted by atomic mass is 32.1. The molecular formula is C48H44O2S2. The minimum atomic E-state index is 0.313. The molecule has 0 spiro atoms. The first-order valence-electron chi connectivity index (χ1n) is 17.9. The summed E-state index contributed by atoms with van der Waals surface area (Å²) in [5.41, 5.74) is 13.1. The second-order valence-corrected chi connectivity index (χ2v) is 15.8. The Labute approximate surface area is 315 Å². The van der Waals surface area contributed by atoms with Crippen molar-refractivity contribution in [1.82, 2.24) is 0 Å². The first kappa shape index (κ1) is 35.3. The normalized spacial score (nSPS) is 11.1. The highest BCUT2D eigenvalue weighted by molar-refractivity contribution is 7.23. The largest absolute Gasteiger partial charge is 0.508 e. The van der Waals surface area contributed by atoms with Crippen molar-refractivity contribution in [3.05, 3.63) is 178 Å². The van der Waals surface area contributed by atoms with Gasteiger partial charge in [0.25, 0.3) is 0 Å². The van der Waals surface area contributed by atoms with E-state index in [1.165, 1.54) is 85.6 Å². The van der Waals surface area contributed by atoms with Gasteiger partial charge in [0.05, 0.1) is 6.61 Å². The molecule has 0 aliphatic carbocycles. The van der Waals surface area contributed by atoms with Crippen LogP contribution in [0.2, 0.25) is 0 Å². The van der Waals surface area contributed by atoms with Crippen LogP contribution in [0, 0.1) is 27.7 Å². The van der Waals surface area contributed by atoms with Gasteiger partial charge in [0.2, 0.25) is 0 Å². The van der Waals surface area contributed by atoms with Gasteiger partial charge < -0.3 is 9.84 Å². The van der Waals surface area contributed by atoms with Gasteiger partial charge in [-0.1, -0.05) is 108 Å². The van der Waals surface area contributed by atoms with E-state index in [1.807, 2.05) is 41.7 Å². The van der Waals surface area contributed by atoms with Crippen molar-refractivity contribution in [1.29, 1.82) is 0 Å². The number of hydrogen-bond acceptors (Lipinski definition) is 4. The maximum Gasteiger partial charge on any atom is 0.119 e. The molecule has 2 aromatic heterocycles. The summed E-state index contributed by atoms with van der Waals surface area (Å²) < 4.78 is 8.29. The van der Waals surface area contributed by atoms with Gasteiger partial charge in [0, 0.05) is 19.2 Å². The number of fused-ring (bicyclic) bond motifs is 2. The number of hydrogen-bond donors (Lipinski definition) is 1. The number of aryl methyl sites for hydroxylation is 4. The van der Waals surface area contributed by atoms with E-state index in [4.69, 9.17) is 4.74 Å². The first-order valence-corrected chi connectivity index (χ1v) is 19.5. The van der Waals surface area contributed by atoms with Crippen LogP contribution in [-0.4, -0.2) is 11.7 Å². The SMILES string of the molecule is CCOc1ccc(Cc2c(-c3ccc(C)cc3)sc3cc(C)ccc23)cc1.Cc1ccc(-c2sc3cc(C)ccc3c2Cc2ccc(O)cc2)cc1. The van der Waals surface area contributed by atoms with E-state index < -0.39 is 0 Å². The Morgan fingerprint density at radius 2 is 0.885 bits per heavy atom. The minimum Gasteiger partial charge on any atom is -0.508 e. The quantitative estimate of drug-likeness (QED) is 0.170. The number of benzene rings is 6. The number of ether oxygens (including phenoxy) is 1. The Bertz CT molecular complexity index is 2430. The van der Waals surface area contributed by atoms with Crippen LogP contribution >= 0.6 is 22.7 Å². The van der Waals surface area contributed by atoms with E-state index in [2.05, 4.69) is 137 Å². The third-order valence-corrected chi connectivity index (χ3v) is 11.9. The van der Waals surface area contributed by atoms with Crippen LogP contribution in [0.15, 0.2) is 133 Å². The summed E-state index contributed by atoms with van der Waals surface area (Å²) in [5, 5.41) is 12.2. The molecule has 1 N–H and O–H groups in total. The molecule has 0 aliphatic heterocycles. The van der Waals surface area contributed by atoms with Crippen LogP contribution in [0.5, 0.6) is 11.5 Å². The molecule has 8 aromatic rings. The lowest BCUT2D eigenvalue weighted by molar-refractivity contribution is 0.340. The molecule has 0 amide bonds. The molecule has 0 unspecified atom stereocenters. The predicted octanol–water partition coefficient (Wildman–Crippen LogP) is 13.7. The van der Waals surface area contributed by atoms with Gasteiger partial charge in [-0.25, -0.2) is 0 Å². The maximum absolute atomic E-state index is 9.55. The van der Waals surface area contributed by atoms with Crippen LogP contribution in [0.3, 0.4) is 0 Å².